The van der Waals surface area contributed by atoms with Crippen LogP contribution in [0, 0.1) is 0 Å². The van der Waals surface area contributed by atoms with Gasteiger partial charge in [-0.15, -0.1) is 0 Å². The third-order valence-corrected chi connectivity index (χ3v) is 6.71. The molecule has 0 bridgehead atoms. The van der Waals surface area contributed by atoms with Crippen LogP contribution in [-0.2, 0) is 25.6 Å². The predicted octanol–water partition coefficient (Wildman–Crippen LogP) is -1.62. The first kappa shape index (κ1) is 32.4. The fourth-order valence-corrected chi connectivity index (χ4v) is 4.38. The summed E-state index contributed by atoms with van der Waals surface area (Å²) in [4.78, 5) is 57.2. The number of carbonyl (C=O) groups excluding carboxylic acids is 3. The largest absolute Gasteiger partial charge is 0.480 e. The molecule has 2 aromatic rings. The highest BCUT2D eigenvalue weighted by atomic mass is 32.2. The summed E-state index contributed by atoms with van der Waals surface area (Å²) in [6.45, 7) is -0.550. The minimum absolute atomic E-state index is 0.0602. The maximum atomic E-state index is 12.9. The number of H-pyrrole nitrogens is 1. The van der Waals surface area contributed by atoms with Gasteiger partial charge in [0, 0.05) is 23.6 Å². The van der Waals surface area contributed by atoms with Crippen LogP contribution in [0.2, 0.25) is 0 Å². The van der Waals surface area contributed by atoms with Crippen LogP contribution in [0.5, 0.6) is 0 Å². The Labute approximate surface area is 235 Å². The molecule has 2 rings (SSSR count). The van der Waals surface area contributed by atoms with E-state index in [1.54, 1.807) is 6.20 Å². The number of carboxylic acids is 1. The minimum atomic E-state index is -1.37. The van der Waals surface area contributed by atoms with Gasteiger partial charge in [-0.25, -0.2) is 4.79 Å². The molecule has 4 atom stereocenters. The van der Waals surface area contributed by atoms with Gasteiger partial charge in [-0.2, -0.15) is 11.8 Å². The zero-order valence-corrected chi connectivity index (χ0v) is 23.1. The number of carbonyl (C=O) groups is 4. The van der Waals surface area contributed by atoms with Gasteiger partial charge in [0.2, 0.25) is 17.7 Å². The molecule has 0 aliphatic rings. The molecule has 1 aromatic carbocycles. The van der Waals surface area contributed by atoms with Gasteiger partial charge in [0.05, 0.1) is 12.6 Å². The first-order valence-electron chi connectivity index (χ1n) is 12.7. The first-order chi connectivity index (χ1) is 19.1. The Balaban J connectivity index is 2.00. The van der Waals surface area contributed by atoms with Crippen LogP contribution in [-0.4, -0.2) is 94.2 Å². The van der Waals surface area contributed by atoms with Crippen molar-refractivity contribution in [2.45, 2.75) is 49.9 Å². The van der Waals surface area contributed by atoms with Crippen LogP contribution in [0.4, 0.5) is 0 Å². The van der Waals surface area contributed by atoms with Crippen LogP contribution < -0.4 is 33.2 Å². The van der Waals surface area contributed by atoms with E-state index in [4.69, 9.17) is 17.2 Å². The molecule has 14 nitrogen and oxygen atoms in total. The standard InChI is InChI=1S/C25H38N8O6S/c1-40-10-8-18(22(36)32-19(24(38)39)7-4-9-29-25(27)28)31-23(37)20(13-34)33-21(35)16(26)11-14-12-30-17-6-3-2-5-15(14)17/h2-3,5-6,12,16,18-20,30,34H,4,7-11,13,26H2,1H3,(H,31,37)(H,32,36)(H,33,35)(H,38,39)(H4,27,28,29). The van der Waals surface area contributed by atoms with Crippen molar-refractivity contribution >= 4 is 52.3 Å². The number of rotatable bonds is 17. The number of amides is 3. The fourth-order valence-electron chi connectivity index (χ4n) is 3.91. The average Bonchev–Trinajstić information content (AvgIpc) is 3.33. The molecule has 15 heteroatoms. The van der Waals surface area contributed by atoms with E-state index < -0.39 is 54.5 Å². The number of para-hydroxylation sites is 1. The van der Waals surface area contributed by atoms with Crippen LogP contribution >= 0.6 is 11.8 Å². The number of aromatic amines is 1. The van der Waals surface area contributed by atoms with Crippen molar-refractivity contribution in [1.29, 1.82) is 0 Å². The van der Waals surface area contributed by atoms with E-state index in [0.29, 0.717) is 12.2 Å². The van der Waals surface area contributed by atoms with Gasteiger partial charge in [0.15, 0.2) is 5.96 Å². The number of aliphatic hydroxyl groups is 1. The highest BCUT2D eigenvalue weighted by Gasteiger charge is 2.30. The summed E-state index contributed by atoms with van der Waals surface area (Å²) in [7, 11) is 0. The van der Waals surface area contributed by atoms with Gasteiger partial charge in [-0.1, -0.05) is 18.2 Å². The second-order valence-corrected chi connectivity index (χ2v) is 10.1. The summed E-state index contributed by atoms with van der Waals surface area (Å²) in [5, 5.41) is 27.6. The summed E-state index contributed by atoms with van der Waals surface area (Å²) >= 11 is 1.43. The lowest BCUT2D eigenvalue weighted by atomic mass is 10.0. The zero-order valence-electron chi connectivity index (χ0n) is 22.3. The van der Waals surface area contributed by atoms with Gasteiger partial charge in [0.25, 0.3) is 0 Å². The third-order valence-electron chi connectivity index (χ3n) is 6.07. The smallest absolute Gasteiger partial charge is 0.326 e. The van der Waals surface area contributed by atoms with Gasteiger partial charge in [-0.3, -0.25) is 19.4 Å². The normalized spacial score (nSPS) is 14.0. The molecule has 40 heavy (non-hydrogen) atoms. The van der Waals surface area contributed by atoms with Crippen LogP contribution in [0.3, 0.4) is 0 Å². The van der Waals surface area contributed by atoms with Crippen molar-refractivity contribution in [2.75, 3.05) is 25.2 Å². The first-order valence-corrected chi connectivity index (χ1v) is 14.1. The molecule has 1 heterocycles. The number of hydrogen-bond acceptors (Lipinski definition) is 8. The quantitative estimate of drug-likeness (QED) is 0.0589. The number of nitrogens with zero attached hydrogens (tertiary/aromatic N) is 1. The molecule has 0 aliphatic heterocycles. The number of nitrogens with two attached hydrogens (primary N) is 3. The predicted molar refractivity (Wildman–Crippen MR) is 153 cm³/mol. The van der Waals surface area contributed by atoms with Crippen molar-refractivity contribution in [3.63, 3.8) is 0 Å². The lowest BCUT2D eigenvalue weighted by molar-refractivity contribution is -0.142. The van der Waals surface area contributed by atoms with Gasteiger partial charge in [0.1, 0.15) is 18.1 Å². The molecule has 0 aliphatic carbocycles. The van der Waals surface area contributed by atoms with Gasteiger partial charge < -0.3 is 48.3 Å². The number of aliphatic imine (C=N–C) groups is 1. The molecule has 0 saturated carbocycles. The molecule has 0 spiro atoms. The maximum absolute atomic E-state index is 12.9. The molecule has 12 N–H and O–H groups in total. The second-order valence-electron chi connectivity index (χ2n) is 9.10. The lowest BCUT2D eigenvalue weighted by Gasteiger charge is -2.24. The number of thioether (sulfide) groups is 1. The average molecular weight is 579 g/mol. The summed E-state index contributed by atoms with van der Waals surface area (Å²) in [6.07, 6.45) is 4.30. The number of hydrogen-bond donors (Lipinski definition) is 9. The Morgan fingerprint density at radius 2 is 1.65 bits per heavy atom. The number of aliphatic hydroxyl groups excluding tert-OH is 1. The highest BCUT2D eigenvalue weighted by Crippen LogP contribution is 2.18. The van der Waals surface area contributed by atoms with Crippen LogP contribution in [0.1, 0.15) is 24.8 Å². The Morgan fingerprint density at radius 1 is 1.00 bits per heavy atom. The van der Waals surface area contributed by atoms with E-state index in [-0.39, 0.29) is 31.8 Å². The summed E-state index contributed by atoms with van der Waals surface area (Å²) in [5.74, 6) is -3.08. The van der Waals surface area contributed by atoms with Crippen molar-refractivity contribution in [2.24, 2.45) is 22.2 Å². The van der Waals surface area contributed by atoms with Gasteiger partial charge >= 0.3 is 5.97 Å². The SMILES string of the molecule is CSCCC(NC(=O)C(CO)NC(=O)C(N)Cc1c[nH]c2ccccc12)C(=O)NC(CCCN=C(N)N)C(=O)O. The van der Waals surface area contributed by atoms with E-state index in [9.17, 15) is 29.4 Å². The molecule has 0 fully saturated rings. The van der Waals surface area contributed by atoms with E-state index in [0.717, 1.165) is 16.5 Å². The molecule has 1 aromatic heterocycles. The number of nitrogens with one attached hydrogen (secondary N) is 4. The van der Waals surface area contributed by atoms with Crippen molar-refractivity contribution in [3.05, 3.63) is 36.0 Å². The Hall–Kier alpha value is -3.82. The number of carboxylic acid groups (broad SMARTS) is 1. The number of benzene rings is 1. The molecular weight excluding hydrogens is 540 g/mol. The van der Waals surface area contributed by atoms with Gasteiger partial charge in [-0.05, 0) is 49.3 Å². The monoisotopic (exact) mass is 578 g/mol. The highest BCUT2D eigenvalue weighted by molar-refractivity contribution is 7.98. The molecule has 4 unspecified atom stereocenters. The summed E-state index contributed by atoms with van der Waals surface area (Å²) in [6, 6.07) is 2.82. The fraction of sp³-hybridized carbons (Fsp3) is 0.480. The van der Waals surface area contributed by atoms with E-state index in [1.807, 2.05) is 30.5 Å². The Morgan fingerprint density at radius 3 is 2.30 bits per heavy atom. The van der Waals surface area contributed by atoms with E-state index >= 15 is 0 Å². The molecule has 0 saturated heterocycles. The number of fused-ring (bicyclic) bond motifs is 1. The maximum Gasteiger partial charge on any atom is 0.326 e. The number of aromatic nitrogens is 1. The molecule has 220 valence electrons. The second kappa shape index (κ2) is 16.3. The number of guanidine groups is 1. The van der Waals surface area contributed by atoms with Crippen molar-refractivity contribution < 1.29 is 29.4 Å². The summed E-state index contributed by atoms with van der Waals surface area (Å²) in [5.41, 5.74) is 18.3. The lowest BCUT2D eigenvalue weighted by Crippen LogP contribution is -2.58. The van der Waals surface area contributed by atoms with Crippen LogP contribution in [0.25, 0.3) is 10.9 Å². The third kappa shape index (κ3) is 10.1. The molecular formula is C25H38N8O6S. The van der Waals surface area contributed by atoms with Crippen molar-refractivity contribution in [3.8, 4) is 0 Å². The Bertz CT molecular complexity index is 1190. The molecule has 0 radical (unpaired) electrons. The Kier molecular flexibility index (Phi) is 13.2. The zero-order chi connectivity index (χ0) is 29.7. The topological polar surface area (TPSA) is 251 Å². The summed E-state index contributed by atoms with van der Waals surface area (Å²) < 4.78 is 0. The van der Waals surface area contributed by atoms with E-state index in [2.05, 4.69) is 25.9 Å². The molecule has 3 amide bonds. The van der Waals surface area contributed by atoms with Crippen molar-refractivity contribution in [1.82, 2.24) is 20.9 Å². The number of aliphatic carboxylic acids is 1. The van der Waals surface area contributed by atoms with E-state index in [1.165, 1.54) is 11.8 Å². The minimum Gasteiger partial charge on any atom is -0.480 e. The van der Waals surface area contributed by atoms with Crippen LogP contribution in [0.15, 0.2) is 35.5 Å².